The van der Waals surface area contributed by atoms with E-state index in [0.29, 0.717) is 5.92 Å². The van der Waals surface area contributed by atoms with Gasteiger partial charge in [-0.05, 0) is 17.9 Å². The van der Waals surface area contributed by atoms with E-state index in [1.807, 2.05) is 17.8 Å². The van der Waals surface area contributed by atoms with Crippen molar-refractivity contribution in [2.75, 3.05) is 5.75 Å². The summed E-state index contributed by atoms with van der Waals surface area (Å²) in [5.41, 5.74) is 1.29. The second kappa shape index (κ2) is 8.23. The lowest BCUT2D eigenvalue weighted by molar-refractivity contribution is 0.482. The molecular formula is C17H25N3S. The molecule has 3 nitrogen and oxygen atoms in total. The van der Waals surface area contributed by atoms with Gasteiger partial charge in [-0.3, -0.25) is 0 Å². The number of aromatic nitrogens is 3. The van der Waals surface area contributed by atoms with Crippen molar-refractivity contribution in [2.24, 2.45) is 5.92 Å². The summed E-state index contributed by atoms with van der Waals surface area (Å²) in [7, 11) is 0. The summed E-state index contributed by atoms with van der Waals surface area (Å²) in [6, 6.07) is 10.5. The van der Waals surface area contributed by atoms with E-state index in [9.17, 15) is 0 Å². The molecule has 1 aromatic heterocycles. The number of nitrogens with zero attached hydrogens (tertiary/aromatic N) is 3. The SMILES string of the molecule is CCCCSc1nnc(Cc2ccccc2)n1CC(C)C. The third-order valence-electron chi connectivity index (χ3n) is 3.28. The Hall–Kier alpha value is -1.29. The van der Waals surface area contributed by atoms with Gasteiger partial charge in [0.25, 0.3) is 0 Å². The van der Waals surface area contributed by atoms with Gasteiger partial charge in [-0.15, -0.1) is 10.2 Å². The Balaban J connectivity index is 2.15. The summed E-state index contributed by atoms with van der Waals surface area (Å²) in [4.78, 5) is 0. The minimum absolute atomic E-state index is 0.598. The summed E-state index contributed by atoms with van der Waals surface area (Å²) in [6.45, 7) is 7.70. The molecule has 0 spiro atoms. The van der Waals surface area contributed by atoms with Crippen molar-refractivity contribution in [3.8, 4) is 0 Å². The summed E-state index contributed by atoms with van der Waals surface area (Å²) >= 11 is 1.83. The molecule has 0 aliphatic carbocycles. The van der Waals surface area contributed by atoms with Gasteiger partial charge in [-0.1, -0.05) is 69.3 Å². The molecule has 0 aliphatic rings. The van der Waals surface area contributed by atoms with Crippen molar-refractivity contribution < 1.29 is 0 Å². The first-order chi connectivity index (χ1) is 10.2. The standard InChI is InChI=1S/C17H25N3S/c1-4-5-11-21-17-19-18-16(20(17)13-14(2)3)12-15-9-7-6-8-10-15/h6-10,14H,4-5,11-13H2,1-3H3. The van der Waals surface area contributed by atoms with Crippen LogP contribution in [0.4, 0.5) is 0 Å². The average Bonchev–Trinajstić information content (AvgIpc) is 2.82. The van der Waals surface area contributed by atoms with E-state index in [-0.39, 0.29) is 0 Å². The van der Waals surface area contributed by atoms with Gasteiger partial charge in [0.2, 0.25) is 0 Å². The van der Waals surface area contributed by atoms with Crippen molar-refractivity contribution >= 4 is 11.8 Å². The van der Waals surface area contributed by atoms with E-state index in [2.05, 4.69) is 59.8 Å². The first-order valence-corrected chi connectivity index (χ1v) is 8.78. The van der Waals surface area contributed by atoms with Crippen LogP contribution in [0.5, 0.6) is 0 Å². The van der Waals surface area contributed by atoms with Crippen molar-refractivity contribution in [3.05, 3.63) is 41.7 Å². The highest BCUT2D eigenvalue weighted by Gasteiger charge is 2.13. The quantitative estimate of drug-likeness (QED) is 0.534. The summed E-state index contributed by atoms with van der Waals surface area (Å²) in [5, 5.41) is 9.92. The fourth-order valence-corrected chi connectivity index (χ4v) is 3.24. The predicted octanol–water partition coefficient (Wildman–Crippen LogP) is 4.42. The van der Waals surface area contributed by atoms with Crippen molar-refractivity contribution in [2.45, 2.75) is 51.7 Å². The molecule has 0 N–H and O–H groups in total. The maximum Gasteiger partial charge on any atom is 0.191 e. The summed E-state index contributed by atoms with van der Waals surface area (Å²) in [6.07, 6.45) is 3.31. The van der Waals surface area contributed by atoms with Gasteiger partial charge in [0, 0.05) is 18.7 Å². The zero-order chi connectivity index (χ0) is 15.1. The first kappa shape index (κ1) is 16.1. The molecule has 0 unspecified atom stereocenters. The zero-order valence-electron chi connectivity index (χ0n) is 13.2. The lowest BCUT2D eigenvalue weighted by atomic mass is 10.1. The van der Waals surface area contributed by atoms with Crippen LogP contribution in [0.25, 0.3) is 0 Å². The highest BCUT2D eigenvalue weighted by molar-refractivity contribution is 7.99. The molecule has 114 valence electrons. The maximum absolute atomic E-state index is 4.44. The molecule has 0 saturated heterocycles. The van der Waals surface area contributed by atoms with E-state index in [1.165, 1.54) is 18.4 Å². The number of unbranched alkanes of at least 4 members (excludes halogenated alkanes) is 1. The zero-order valence-corrected chi connectivity index (χ0v) is 14.1. The van der Waals surface area contributed by atoms with E-state index in [4.69, 9.17) is 0 Å². The predicted molar refractivity (Wildman–Crippen MR) is 89.7 cm³/mol. The number of benzene rings is 1. The van der Waals surface area contributed by atoms with Gasteiger partial charge in [-0.25, -0.2) is 0 Å². The topological polar surface area (TPSA) is 30.7 Å². The Morgan fingerprint density at radius 2 is 1.90 bits per heavy atom. The summed E-state index contributed by atoms with van der Waals surface area (Å²) < 4.78 is 2.30. The molecule has 0 radical (unpaired) electrons. The number of hydrogen-bond donors (Lipinski definition) is 0. The molecule has 2 aromatic rings. The monoisotopic (exact) mass is 303 g/mol. The third-order valence-corrected chi connectivity index (χ3v) is 4.33. The fourth-order valence-electron chi connectivity index (χ4n) is 2.19. The Bertz CT molecular complexity index is 534. The van der Waals surface area contributed by atoms with Gasteiger partial charge >= 0.3 is 0 Å². The van der Waals surface area contributed by atoms with Gasteiger partial charge in [0.15, 0.2) is 5.16 Å². The number of thioether (sulfide) groups is 1. The molecule has 1 heterocycles. The average molecular weight is 303 g/mol. The minimum Gasteiger partial charge on any atom is -0.305 e. The van der Waals surface area contributed by atoms with Crippen LogP contribution < -0.4 is 0 Å². The molecule has 0 saturated carbocycles. The molecule has 0 fully saturated rings. The van der Waals surface area contributed by atoms with Crippen LogP contribution in [0.3, 0.4) is 0 Å². The minimum atomic E-state index is 0.598. The largest absolute Gasteiger partial charge is 0.305 e. The Morgan fingerprint density at radius 1 is 1.14 bits per heavy atom. The van der Waals surface area contributed by atoms with Crippen molar-refractivity contribution in [1.29, 1.82) is 0 Å². The lowest BCUT2D eigenvalue weighted by Gasteiger charge is -2.12. The highest BCUT2D eigenvalue weighted by atomic mass is 32.2. The van der Waals surface area contributed by atoms with Crippen LogP contribution in [-0.4, -0.2) is 20.5 Å². The third kappa shape index (κ3) is 4.88. The lowest BCUT2D eigenvalue weighted by Crippen LogP contribution is -2.10. The smallest absolute Gasteiger partial charge is 0.191 e. The molecule has 1 aromatic carbocycles. The van der Waals surface area contributed by atoms with E-state index < -0.39 is 0 Å². The molecule has 21 heavy (non-hydrogen) atoms. The van der Waals surface area contributed by atoms with Gasteiger partial charge in [-0.2, -0.15) is 0 Å². The highest BCUT2D eigenvalue weighted by Crippen LogP contribution is 2.21. The molecule has 4 heteroatoms. The van der Waals surface area contributed by atoms with Gasteiger partial charge in [0.05, 0.1) is 0 Å². The van der Waals surface area contributed by atoms with Crippen molar-refractivity contribution in [3.63, 3.8) is 0 Å². The van der Waals surface area contributed by atoms with Crippen LogP contribution in [0.2, 0.25) is 0 Å². The maximum atomic E-state index is 4.44. The van der Waals surface area contributed by atoms with E-state index >= 15 is 0 Å². The molecular weight excluding hydrogens is 278 g/mol. The van der Waals surface area contributed by atoms with E-state index in [1.54, 1.807) is 0 Å². The number of hydrogen-bond acceptors (Lipinski definition) is 3. The molecule has 0 amide bonds. The van der Waals surface area contributed by atoms with Crippen LogP contribution in [0.15, 0.2) is 35.5 Å². The van der Waals surface area contributed by atoms with Crippen LogP contribution in [0.1, 0.15) is 45.0 Å². The Labute approximate surface area is 132 Å². The van der Waals surface area contributed by atoms with Crippen molar-refractivity contribution in [1.82, 2.24) is 14.8 Å². The molecule has 0 atom stereocenters. The summed E-state index contributed by atoms with van der Waals surface area (Å²) in [5.74, 6) is 2.80. The van der Waals surface area contributed by atoms with Crippen LogP contribution in [-0.2, 0) is 13.0 Å². The van der Waals surface area contributed by atoms with E-state index in [0.717, 1.165) is 29.7 Å². The molecule has 0 aliphatic heterocycles. The first-order valence-electron chi connectivity index (χ1n) is 7.79. The molecule has 2 rings (SSSR count). The normalized spacial score (nSPS) is 11.2. The second-order valence-electron chi connectivity index (χ2n) is 5.77. The van der Waals surface area contributed by atoms with Gasteiger partial charge in [0.1, 0.15) is 5.82 Å². The molecule has 0 bridgehead atoms. The van der Waals surface area contributed by atoms with Gasteiger partial charge < -0.3 is 4.57 Å². The fraction of sp³-hybridized carbons (Fsp3) is 0.529. The second-order valence-corrected chi connectivity index (χ2v) is 6.83. The van der Waals surface area contributed by atoms with Crippen LogP contribution >= 0.6 is 11.8 Å². The number of rotatable bonds is 8. The Morgan fingerprint density at radius 3 is 2.57 bits per heavy atom. The van der Waals surface area contributed by atoms with Crippen LogP contribution in [0, 0.1) is 5.92 Å². The Kier molecular flexibility index (Phi) is 6.30.